The Hall–Kier alpha value is -1.58. The van der Waals surface area contributed by atoms with Crippen molar-refractivity contribution in [2.24, 2.45) is 4.99 Å². The highest BCUT2D eigenvalue weighted by atomic mass is 35.5. The Labute approximate surface area is 164 Å². The molecule has 0 amide bonds. The van der Waals surface area contributed by atoms with Gasteiger partial charge in [0.1, 0.15) is 5.82 Å². The molecule has 1 aliphatic rings. The van der Waals surface area contributed by atoms with Gasteiger partial charge >= 0.3 is 0 Å². The van der Waals surface area contributed by atoms with Crippen molar-refractivity contribution in [1.29, 1.82) is 0 Å². The Morgan fingerprint density at radius 1 is 1.27 bits per heavy atom. The van der Waals surface area contributed by atoms with Crippen LogP contribution in [0.1, 0.15) is 51.2 Å². The number of halogens is 3. The maximum absolute atomic E-state index is 14.8. The van der Waals surface area contributed by atoms with Crippen LogP contribution in [0.4, 0.5) is 15.8 Å². The summed E-state index contributed by atoms with van der Waals surface area (Å²) in [4.78, 5) is 6.63. The normalized spacial score (nSPS) is 19.0. The van der Waals surface area contributed by atoms with E-state index < -0.39 is 0 Å². The average molecular weight is 393 g/mol. The number of benzene rings is 2. The van der Waals surface area contributed by atoms with Gasteiger partial charge in [-0.3, -0.25) is 4.99 Å². The van der Waals surface area contributed by atoms with Gasteiger partial charge in [0, 0.05) is 34.6 Å². The van der Waals surface area contributed by atoms with E-state index in [1.54, 1.807) is 24.3 Å². The summed E-state index contributed by atoms with van der Waals surface area (Å²) in [5.74, 6) is 0.0793. The first-order valence-electron chi connectivity index (χ1n) is 8.83. The van der Waals surface area contributed by atoms with E-state index in [1.807, 2.05) is 6.07 Å². The van der Waals surface area contributed by atoms with Crippen molar-refractivity contribution in [3.63, 3.8) is 0 Å². The standard InChI is InChI=1S/C21H23Cl2FN2/c1-5-26-20-10-18(24)14(8-16(20)13(2)11-21(26,3)4)12-25-19-7-6-15(22)9-17(19)23/h6-10,12-13H,5,11H2,1-4H3. The summed E-state index contributed by atoms with van der Waals surface area (Å²) < 4.78 is 14.8. The summed E-state index contributed by atoms with van der Waals surface area (Å²) in [7, 11) is 0. The highest BCUT2D eigenvalue weighted by Gasteiger charge is 2.36. The summed E-state index contributed by atoms with van der Waals surface area (Å²) in [6.45, 7) is 9.58. The van der Waals surface area contributed by atoms with Crippen molar-refractivity contribution in [2.45, 2.75) is 45.6 Å². The first kappa shape index (κ1) is 19.2. The van der Waals surface area contributed by atoms with Gasteiger partial charge in [0.25, 0.3) is 0 Å². The van der Waals surface area contributed by atoms with Gasteiger partial charge in [-0.15, -0.1) is 0 Å². The fourth-order valence-electron chi connectivity index (χ4n) is 3.94. The predicted octanol–water partition coefficient (Wildman–Crippen LogP) is 7.00. The fraction of sp³-hybridized carbons (Fsp3) is 0.381. The van der Waals surface area contributed by atoms with E-state index in [2.05, 4.69) is 37.6 Å². The molecular weight excluding hydrogens is 370 g/mol. The number of hydrogen-bond donors (Lipinski definition) is 0. The van der Waals surface area contributed by atoms with Crippen LogP contribution in [-0.4, -0.2) is 18.3 Å². The lowest BCUT2D eigenvalue weighted by atomic mass is 9.79. The molecule has 0 bridgehead atoms. The minimum atomic E-state index is -0.277. The van der Waals surface area contributed by atoms with Gasteiger partial charge in [0.2, 0.25) is 0 Å². The molecule has 0 fully saturated rings. The van der Waals surface area contributed by atoms with Crippen LogP contribution in [-0.2, 0) is 0 Å². The van der Waals surface area contributed by atoms with Gasteiger partial charge in [-0.05, 0) is 69.0 Å². The molecule has 0 radical (unpaired) electrons. The van der Waals surface area contributed by atoms with Crippen molar-refractivity contribution in [2.75, 3.05) is 11.4 Å². The van der Waals surface area contributed by atoms with Crippen LogP contribution in [0.5, 0.6) is 0 Å². The Kier molecular flexibility index (Phi) is 5.32. The van der Waals surface area contributed by atoms with E-state index >= 15 is 0 Å². The van der Waals surface area contributed by atoms with Gasteiger partial charge in [-0.1, -0.05) is 30.1 Å². The third-order valence-corrected chi connectivity index (χ3v) is 5.61. The lowest BCUT2D eigenvalue weighted by Crippen LogP contribution is -2.48. The van der Waals surface area contributed by atoms with Gasteiger partial charge in [0.05, 0.1) is 10.7 Å². The number of fused-ring (bicyclic) bond motifs is 1. The molecule has 26 heavy (non-hydrogen) atoms. The lowest BCUT2D eigenvalue weighted by molar-refractivity contribution is 0.380. The molecule has 138 valence electrons. The summed E-state index contributed by atoms with van der Waals surface area (Å²) in [5, 5.41) is 0.990. The molecule has 0 N–H and O–H groups in total. The van der Waals surface area contributed by atoms with Crippen LogP contribution in [0.2, 0.25) is 10.0 Å². The van der Waals surface area contributed by atoms with Crippen molar-refractivity contribution < 1.29 is 4.39 Å². The zero-order chi connectivity index (χ0) is 19.1. The molecule has 0 saturated heterocycles. The largest absolute Gasteiger partial charge is 0.366 e. The average Bonchev–Trinajstić information content (AvgIpc) is 2.54. The molecule has 1 aliphatic heterocycles. The number of nitrogens with zero attached hydrogens (tertiary/aromatic N) is 2. The molecule has 2 nitrogen and oxygen atoms in total. The molecule has 2 aromatic carbocycles. The Balaban J connectivity index is 2.01. The Morgan fingerprint density at radius 2 is 2.00 bits per heavy atom. The first-order valence-corrected chi connectivity index (χ1v) is 9.58. The molecular formula is C21H23Cl2FN2. The monoisotopic (exact) mass is 392 g/mol. The molecule has 0 aromatic heterocycles. The number of hydrogen-bond acceptors (Lipinski definition) is 2. The zero-order valence-electron chi connectivity index (χ0n) is 15.5. The van der Waals surface area contributed by atoms with E-state index in [0.29, 0.717) is 27.2 Å². The second kappa shape index (κ2) is 7.21. The summed E-state index contributed by atoms with van der Waals surface area (Å²) in [6.07, 6.45) is 2.56. The molecule has 1 heterocycles. The summed E-state index contributed by atoms with van der Waals surface area (Å²) in [6, 6.07) is 8.62. The Morgan fingerprint density at radius 3 is 2.65 bits per heavy atom. The smallest absolute Gasteiger partial charge is 0.134 e. The van der Waals surface area contributed by atoms with E-state index in [0.717, 1.165) is 24.2 Å². The highest BCUT2D eigenvalue weighted by molar-refractivity contribution is 6.36. The fourth-order valence-corrected chi connectivity index (χ4v) is 4.40. The zero-order valence-corrected chi connectivity index (χ0v) is 17.0. The second-order valence-electron chi connectivity index (χ2n) is 7.45. The van der Waals surface area contributed by atoms with Crippen LogP contribution in [0.25, 0.3) is 0 Å². The minimum Gasteiger partial charge on any atom is -0.366 e. The molecule has 0 spiro atoms. The maximum atomic E-state index is 14.8. The lowest BCUT2D eigenvalue weighted by Gasteiger charge is -2.47. The molecule has 1 unspecified atom stereocenters. The van der Waals surface area contributed by atoms with Gasteiger partial charge in [-0.2, -0.15) is 0 Å². The van der Waals surface area contributed by atoms with Gasteiger partial charge in [0.15, 0.2) is 0 Å². The van der Waals surface area contributed by atoms with Crippen LogP contribution >= 0.6 is 23.2 Å². The summed E-state index contributed by atoms with van der Waals surface area (Å²) in [5.41, 5.74) is 3.20. The van der Waals surface area contributed by atoms with Gasteiger partial charge < -0.3 is 4.90 Å². The van der Waals surface area contributed by atoms with Crippen molar-refractivity contribution in [3.05, 3.63) is 57.3 Å². The molecule has 0 saturated carbocycles. The van der Waals surface area contributed by atoms with Crippen LogP contribution in [0, 0.1) is 5.82 Å². The van der Waals surface area contributed by atoms with Crippen LogP contribution in [0.3, 0.4) is 0 Å². The number of rotatable bonds is 3. The van der Waals surface area contributed by atoms with Gasteiger partial charge in [-0.25, -0.2) is 4.39 Å². The quantitative estimate of drug-likeness (QED) is 0.513. The maximum Gasteiger partial charge on any atom is 0.134 e. The molecule has 5 heteroatoms. The molecule has 0 aliphatic carbocycles. The summed E-state index contributed by atoms with van der Waals surface area (Å²) >= 11 is 12.0. The number of anilines is 1. The molecule has 3 rings (SSSR count). The third-order valence-electron chi connectivity index (χ3n) is 5.07. The predicted molar refractivity (Wildman–Crippen MR) is 110 cm³/mol. The van der Waals surface area contributed by atoms with Crippen molar-refractivity contribution in [1.82, 2.24) is 0 Å². The topological polar surface area (TPSA) is 15.6 Å². The molecule has 2 aromatic rings. The minimum absolute atomic E-state index is 0.0139. The second-order valence-corrected chi connectivity index (χ2v) is 8.29. The van der Waals surface area contributed by atoms with Crippen LogP contribution in [0.15, 0.2) is 35.3 Å². The SMILES string of the molecule is CCN1c2cc(F)c(C=Nc3ccc(Cl)cc3Cl)cc2C(C)CC1(C)C. The van der Waals surface area contributed by atoms with E-state index in [-0.39, 0.29) is 11.4 Å². The molecule has 1 atom stereocenters. The van der Waals surface area contributed by atoms with E-state index in [4.69, 9.17) is 23.2 Å². The third kappa shape index (κ3) is 3.60. The number of aliphatic imine (C=N–C) groups is 1. The first-order chi connectivity index (χ1) is 12.2. The van der Waals surface area contributed by atoms with Crippen molar-refractivity contribution >= 4 is 40.8 Å². The van der Waals surface area contributed by atoms with Crippen LogP contribution < -0.4 is 4.90 Å². The Bertz CT molecular complexity index is 861. The highest BCUT2D eigenvalue weighted by Crippen LogP contribution is 2.44. The van der Waals surface area contributed by atoms with Crippen molar-refractivity contribution in [3.8, 4) is 0 Å². The van der Waals surface area contributed by atoms with E-state index in [9.17, 15) is 4.39 Å². The van der Waals surface area contributed by atoms with E-state index in [1.165, 1.54) is 6.21 Å².